The number of nitriles is 1. The molecule has 0 aliphatic carbocycles. The van der Waals surface area contributed by atoms with Gasteiger partial charge in [0.05, 0.1) is 12.5 Å². The topological polar surface area (TPSA) is 73.6 Å². The predicted molar refractivity (Wildman–Crippen MR) is 82.9 cm³/mol. The summed E-state index contributed by atoms with van der Waals surface area (Å²) in [5, 5.41) is 15.0. The fourth-order valence-electron chi connectivity index (χ4n) is 1.68. The maximum atomic E-state index is 8.65. The summed E-state index contributed by atoms with van der Waals surface area (Å²) in [6.45, 7) is 2.80. The molecule has 2 aromatic rings. The van der Waals surface area contributed by atoms with Gasteiger partial charge in [0, 0.05) is 12.2 Å². The van der Waals surface area contributed by atoms with Crippen molar-refractivity contribution in [3.8, 4) is 6.07 Å². The van der Waals surface area contributed by atoms with Gasteiger partial charge >= 0.3 is 0 Å². The van der Waals surface area contributed by atoms with Crippen molar-refractivity contribution in [2.24, 2.45) is 0 Å². The number of hydrogen-bond acceptors (Lipinski definition) is 5. The number of nitrogens with zero attached hydrogens (tertiary/aromatic N) is 3. The Balaban J connectivity index is 2.17. The van der Waals surface area contributed by atoms with Crippen LogP contribution in [0.15, 0.2) is 35.1 Å². The first-order valence-electron chi connectivity index (χ1n) is 6.22. The van der Waals surface area contributed by atoms with E-state index in [1.165, 1.54) is 6.33 Å². The molecule has 1 heterocycles. The minimum Gasteiger partial charge on any atom is -0.369 e. The van der Waals surface area contributed by atoms with Crippen LogP contribution in [0.4, 0.5) is 17.3 Å². The van der Waals surface area contributed by atoms with Crippen LogP contribution >= 0.6 is 15.9 Å². The van der Waals surface area contributed by atoms with Crippen LogP contribution in [-0.4, -0.2) is 16.5 Å². The zero-order valence-corrected chi connectivity index (χ0v) is 12.6. The minimum absolute atomic E-state index is 0.419. The quantitative estimate of drug-likeness (QED) is 0.877. The Kier molecular flexibility index (Phi) is 4.91. The third-order valence-electron chi connectivity index (χ3n) is 2.63. The van der Waals surface area contributed by atoms with E-state index < -0.39 is 0 Å². The second-order valence-electron chi connectivity index (χ2n) is 4.07. The number of hydrogen-bond donors (Lipinski definition) is 2. The summed E-state index contributed by atoms with van der Waals surface area (Å²) in [7, 11) is 0. The van der Waals surface area contributed by atoms with Crippen molar-refractivity contribution in [2.75, 3.05) is 17.2 Å². The van der Waals surface area contributed by atoms with Gasteiger partial charge in [-0.25, -0.2) is 9.97 Å². The molecule has 5 nitrogen and oxygen atoms in total. The predicted octanol–water partition coefficient (Wildman–Crippen LogP) is 3.48. The van der Waals surface area contributed by atoms with E-state index in [9.17, 15) is 0 Å². The summed E-state index contributed by atoms with van der Waals surface area (Å²) in [6.07, 6.45) is 1.93. The zero-order valence-electron chi connectivity index (χ0n) is 11.0. The highest BCUT2D eigenvalue weighted by Crippen LogP contribution is 2.28. The minimum atomic E-state index is 0.419. The van der Waals surface area contributed by atoms with Crippen molar-refractivity contribution in [1.82, 2.24) is 9.97 Å². The van der Waals surface area contributed by atoms with E-state index in [4.69, 9.17) is 5.26 Å². The normalized spacial score (nSPS) is 9.85. The molecule has 0 spiro atoms. The van der Waals surface area contributed by atoms with Crippen LogP contribution in [0.1, 0.15) is 12.5 Å². The Morgan fingerprint density at radius 3 is 2.55 bits per heavy atom. The van der Waals surface area contributed by atoms with Crippen molar-refractivity contribution in [1.29, 1.82) is 5.26 Å². The van der Waals surface area contributed by atoms with Gasteiger partial charge in [-0.3, -0.25) is 0 Å². The highest BCUT2D eigenvalue weighted by Gasteiger charge is 2.08. The molecule has 0 radical (unpaired) electrons. The molecule has 2 rings (SSSR count). The van der Waals surface area contributed by atoms with E-state index in [0.717, 1.165) is 28.1 Å². The molecule has 0 amide bonds. The van der Waals surface area contributed by atoms with Crippen molar-refractivity contribution in [2.45, 2.75) is 13.3 Å². The van der Waals surface area contributed by atoms with E-state index in [-0.39, 0.29) is 0 Å². The van der Waals surface area contributed by atoms with Gasteiger partial charge in [0.1, 0.15) is 22.4 Å². The van der Waals surface area contributed by atoms with Gasteiger partial charge in [0.15, 0.2) is 0 Å². The third-order valence-corrected chi connectivity index (χ3v) is 3.38. The Hall–Kier alpha value is -2.13. The lowest BCUT2D eigenvalue weighted by atomic mass is 10.1. The van der Waals surface area contributed by atoms with Gasteiger partial charge < -0.3 is 10.6 Å². The summed E-state index contributed by atoms with van der Waals surface area (Å²) in [5.74, 6) is 1.45. The summed E-state index contributed by atoms with van der Waals surface area (Å²) in [6, 6.07) is 9.82. The number of aromatic nitrogens is 2. The van der Waals surface area contributed by atoms with E-state index >= 15 is 0 Å². The molecule has 1 aromatic heterocycles. The van der Waals surface area contributed by atoms with E-state index in [1.807, 2.05) is 31.2 Å². The Labute approximate surface area is 126 Å². The van der Waals surface area contributed by atoms with Gasteiger partial charge in [0.25, 0.3) is 0 Å². The maximum absolute atomic E-state index is 8.65. The Bertz CT molecular complexity index is 618. The van der Waals surface area contributed by atoms with E-state index in [2.05, 4.69) is 42.6 Å². The molecule has 0 saturated carbocycles. The number of nitrogens with one attached hydrogen (secondary N) is 2. The molecule has 0 aliphatic heterocycles. The molecule has 102 valence electrons. The molecule has 0 fully saturated rings. The lowest BCUT2D eigenvalue weighted by molar-refractivity contribution is 1.10. The molecular formula is C14H14BrN5. The van der Waals surface area contributed by atoms with Crippen LogP contribution in [0.25, 0.3) is 0 Å². The van der Waals surface area contributed by atoms with Gasteiger partial charge in [-0.2, -0.15) is 5.26 Å². The first-order chi connectivity index (χ1) is 9.74. The molecule has 0 saturated heterocycles. The van der Waals surface area contributed by atoms with Crippen molar-refractivity contribution in [3.05, 3.63) is 40.6 Å². The molecule has 1 aromatic carbocycles. The van der Waals surface area contributed by atoms with E-state index in [0.29, 0.717) is 12.2 Å². The fraction of sp³-hybridized carbons (Fsp3) is 0.214. The summed E-state index contributed by atoms with van der Waals surface area (Å²) >= 11 is 3.49. The van der Waals surface area contributed by atoms with E-state index in [1.54, 1.807) is 0 Å². The smallest absolute Gasteiger partial charge is 0.150 e. The molecule has 6 heteroatoms. The summed E-state index contributed by atoms with van der Waals surface area (Å²) < 4.78 is 0.794. The fourth-order valence-corrected chi connectivity index (χ4v) is 2.13. The van der Waals surface area contributed by atoms with Crippen molar-refractivity contribution < 1.29 is 0 Å². The Morgan fingerprint density at radius 1 is 1.20 bits per heavy atom. The maximum Gasteiger partial charge on any atom is 0.150 e. The number of halogens is 1. The van der Waals surface area contributed by atoms with Gasteiger partial charge in [-0.1, -0.05) is 12.1 Å². The second-order valence-corrected chi connectivity index (χ2v) is 4.87. The Morgan fingerprint density at radius 2 is 1.90 bits per heavy atom. The standard InChI is InChI=1S/C14H14BrN5/c1-2-17-13-12(15)14(19-9-18-13)20-11-5-3-10(4-6-11)7-8-16/h3-6,9H,2,7H2,1H3,(H2,17,18,19,20). The molecular weight excluding hydrogens is 318 g/mol. The molecule has 2 N–H and O–H groups in total. The van der Waals surface area contributed by atoms with Gasteiger partial charge in [-0.15, -0.1) is 0 Å². The molecule has 20 heavy (non-hydrogen) atoms. The molecule has 0 atom stereocenters. The largest absolute Gasteiger partial charge is 0.369 e. The van der Waals surface area contributed by atoms with Crippen molar-refractivity contribution in [3.63, 3.8) is 0 Å². The van der Waals surface area contributed by atoms with Crippen LogP contribution in [-0.2, 0) is 6.42 Å². The number of anilines is 3. The van der Waals surface area contributed by atoms with Gasteiger partial charge in [0.2, 0.25) is 0 Å². The summed E-state index contributed by atoms with van der Waals surface area (Å²) in [5.41, 5.74) is 1.90. The average Bonchev–Trinajstić information content (AvgIpc) is 2.46. The zero-order chi connectivity index (χ0) is 14.4. The SMILES string of the molecule is CCNc1ncnc(Nc2ccc(CC#N)cc2)c1Br. The van der Waals surface area contributed by atoms with Crippen molar-refractivity contribution >= 4 is 33.3 Å². The monoisotopic (exact) mass is 331 g/mol. The van der Waals surface area contributed by atoms with Crippen LogP contribution in [0.5, 0.6) is 0 Å². The molecule has 0 bridgehead atoms. The lowest BCUT2D eigenvalue weighted by Crippen LogP contribution is -2.03. The highest BCUT2D eigenvalue weighted by atomic mass is 79.9. The first kappa shape index (κ1) is 14.3. The summed E-state index contributed by atoms with van der Waals surface area (Å²) in [4.78, 5) is 8.38. The number of benzene rings is 1. The van der Waals surface area contributed by atoms with Gasteiger partial charge in [-0.05, 0) is 40.5 Å². The average molecular weight is 332 g/mol. The first-order valence-corrected chi connectivity index (χ1v) is 7.01. The molecule has 0 unspecified atom stereocenters. The lowest BCUT2D eigenvalue weighted by Gasteiger charge is -2.11. The molecule has 0 aliphatic rings. The van der Waals surface area contributed by atoms with Crippen LogP contribution in [0.2, 0.25) is 0 Å². The highest BCUT2D eigenvalue weighted by molar-refractivity contribution is 9.10. The van der Waals surface area contributed by atoms with Crippen LogP contribution in [0.3, 0.4) is 0 Å². The van der Waals surface area contributed by atoms with Crippen LogP contribution < -0.4 is 10.6 Å². The third kappa shape index (κ3) is 3.45. The van der Waals surface area contributed by atoms with Crippen LogP contribution in [0, 0.1) is 11.3 Å². The number of rotatable bonds is 5. The second kappa shape index (κ2) is 6.87.